The Morgan fingerprint density at radius 1 is 1.20 bits per heavy atom. The van der Waals surface area contributed by atoms with Gasteiger partial charge in [-0.25, -0.2) is 0 Å². The van der Waals surface area contributed by atoms with E-state index in [9.17, 15) is 19.8 Å². The van der Waals surface area contributed by atoms with Crippen molar-refractivity contribution in [1.29, 1.82) is 0 Å². The highest BCUT2D eigenvalue weighted by molar-refractivity contribution is 5.99. The van der Waals surface area contributed by atoms with Gasteiger partial charge in [0, 0.05) is 22.8 Å². The van der Waals surface area contributed by atoms with Crippen molar-refractivity contribution >= 4 is 11.6 Å². The largest absolute Gasteiger partial charge is 0.385 e. The number of allylic oxidation sites excluding steroid dienone is 2. The summed E-state index contributed by atoms with van der Waals surface area (Å²) < 4.78 is 0. The molecule has 0 amide bonds. The Labute approximate surface area is 149 Å². The van der Waals surface area contributed by atoms with Gasteiger partial charge in [-0.1, -0.05) is 26.0 Å². The number of aliphatic hydroxyl groups is 2. The second kappa shape index (κ2) is 5.14. The van der Waals surface area contributed by atoms with Crippen LogP contribution in [0.2, 0.25) is 0 Å². The van der Waals surface area contributed by atoms with Gasteiger partial charge in [-0.05, 0) is 56.4 Å². The highest BCUT2D eigenvalue weighted by Crippen LogP contribution is 2.66. The van der Waals surface area contributed by atoms with Gasteiger partial charge in [-0.15, -0.1) is 0 Å². The first kappa shape index (κ1) is 17.2. The minimum atomic E-state index is -1.25. The maximum atomic E-state index is 12.9. The van der Waals surface area contributed by atoms with Crippen LogP contribution in [0, 0.1) is 28.6 Å². The first-order chi connectivity index (χ1) is 11.6. The molecule has 7 atom stereocenters. The van der Waals surface area contributed by atoms with Crippen molar-refractivity contribution in [1.82, 2.24) is 0 Å². The quantitative estimate of drug-likeness (QED) is 0.717. The molecule has 0 aromatic heterocycles. The van der Waals surface area contributed by atoms with Crippen molar-refractivity contribution in [2.75, 3.05) is 0 Å². The highest BCUT2D eigenvalue weighted by Gasteiger charge is 2.66. The number of rotatable bonds is 1. The maximum absolute atomic E-state index is 12.9. The number of hydrogen-bond acceptors (Lipinski definition) is 4. The minimum Gasteiger partial charge on any atom is -0.385 e. The molecular formula is C21H28O4. The molecule has 0 aromatic carbocycles. The topological polar surface area (TPSA) is 74.6 Å². The van der Waals surface area contributed by atoms with Crippen LogP contribution in [0.15, 0.2) is 23.8 Å². The number of Topliss-reactive ketones (excluding diaryl/α,β-unsaturated/α-hetero) is 2. The predicted octanol–water partition coefficient (Wildman–Crippen LogP) is 2.59. The summed E-state index contributed by atoms with van der Waals surface area (Å²) in [5, 5.41) is 21.0. The average molecular weight is 344 g/mol. The van der Waals surface area contributed by atoms with Crippen molar-refractivity contribution in [2.24, 2.45) is 28.6 Å². The molecular weight excluding hydrogens is 316 g/mol. The smallest absolute Gasteiger partial charge is 0.161 e. The normalized spacial score (nSPS) is 51.4. The zero-order valence-corrected chi connectivity index (χ0v) is 15.3. The Morgan fingerprint density at radius 3 is 2.56 bits per heavy atom. The van der Waals surface area contributed by atoms with Gasteiger partial charge in [0.1, 0.15) is 5.60 Å². The monoisotopic (exact) mass is 344 g/mol. The van der Waals surface area contributed by atoms with E-state index in [1.807, 2.05) is 6.08 Å². The zero-order chi connectivity index (χ0) is 18.2. The molecule has 3 saturated carbocycles. The Balaban J connectivity index is 1.75. The first-order valence-corrected chi connectivity index (χ1v) is 9.50. The average Bonchev–Trinajstić information content (AvgIpc) is 2.83. The van der Waals surface area contributed by atoms with E-state index in [4.69, 9.17) is 0 Å². The summed E-state index contributed by atoms with van der Waals surface area (Å²) in [6.45, 7) is 5.67. The zero-order valence-electron chi connectivity index (χ0n) is 15.3. The summed E-state index contributed by atoms with van der Waals surface area (Å²) in [6, 6.07) is 0. The van der Waals surface area contributed by atoms with Gasteiger partial charge in [0.15, 0.2) is 11.6 Å². The number of carbonyl (C=O) groups is 2. The van der Waals surface area contributed by atoms with Crippen LogP contribution in [-0.2, 0) is 9.59 Å². The molecule has 136 valence electrons. The molecule has 4 aliphatic rings. The van der Waals surface area contributed by atoms with E-state index in [-0.39, 0.29) is 28.8 Å². The van der Waals surface area contributed by atoms with Crippen molar-refractivity contribution in [3.63, 3.8) is 0 Å². The van der Waals surface area contributed by atoms with Gasteiger partial charge >= 0.3 is 0 Å². The van der Waals surface area contributed by atoms with Crippen LogP contribution in [0.25, 0.3) is 0 Å². The lowest BCUT2D eigenvalue weighted by Crippen LogP contribution is -2.57. The summed E-state index contributed by atoms with van der Waals surface area (Å²) in [5.41, 5.74) is -1.26. The van der Waals surface area contributed by atoms with Gasteiger partial charge in [0.25, 0.3) is 0 Å². The third kappa shape index (κ3) is 2.01. The molecule has 4 rings (SSSR count). The minimum absolute atomic E-state index is 0.120. The second-order valence-electron chi connectivity index (χ2n) is 9.13. The predicted molar refractivity (Wildman–Crippen MR) is 93.6 cm³/mol. The third-order valence-corrected chi connectivity index (χ3v) is 8.22. The summed E-state index contributed by atoms with van der Waals surface area (Å²) >= 11 is 0. The van der Waals surface area contributed by atoms with E-state index >= 15 is 0 Å². The molecule has 0 aliphatic heterocycles. The molecule has 0 aromatic rings. The molecule has 0 radical (unpaired) electrons. The fraction of sp³-hybridized carbons (Fsp3) is 0.714. The van der Waals surface area contributed by atoms with Crippen LogP contribution < -0.4 is 0 Å². The van der Waals surface area contributed by atoms with E-state index < -0.39 is 17.1 Å². The molecule has 1 unspecified atom stereocenters. The number of hydrogen-bond donors (Lipinski definition) is 2. The van der Waals surface area contributed by atoms with Gasteiger partial charge in [0.2, 0.25) is 0 Å². The molecule has 0 heterocycles. The Hall–Kier alpha value is -1.26. The first-order valence-electron chi connectivity index (χ1n) is 9.50. The van der Waals surface area contributed by atoms with Crippen molar-refractivity contribution in [2.45, 2.75) is 64.6 Å². The molecule has 25 heavy (non-hydrogen) atoms. The van der Waals surface area contributed by atoms with Crippen LogP contribution >= 0.6 is 0 Å². The van der Waals surface area contributed by atoms with Gasteiger partial charge in [-0.3, -0.25) is 9.59 Å². The van der Waals surface area contributed by atoms with E-state index in [1.54, 1.807) is 12.2 Å². The van der Waals surface area contributed by atoms with Gasteiger partial charge in [-0.2, -0.15) is 0 Å². The standard InChI is InChI=1S/C21H28O4/c1-12(22)21(25)9-6-16-14-11-18(24)17-10-13(23)4-7-19(17,2)15(14)5-8-20(16,21)3/h4,7,10,13-16,23,25H,5-6,8-9,11H2,1-3H3/t13?,14-,15+,16+,19-,20+,21+/m1/s1. The van der Waals surface area contributed by atoms with Crippen molar-refractivity contribution in [3.05, 3.63) is 23.8 Å². The molecule has 0 saturated heterocycles. The van der Waals surface area contributed by atoms with Gasteiger partial charge in [0.05, 0.1) is 6.10 Å². The van der Waals surface area contributed by atoms with Gasteiger partial charge < -0.3 is 10.2 Å². The van der Waals surface area contributed by atoms with E-state index in [0.29, 0.717) is 18.8 Å². The summed E-state index contributed by atoms with van der Waals surface area (Å²) in [4.78, 5) is 25.1. The number of ketones is 2. The molecule has 3 fully saturated rings. The summed E-state index contributed by atoms with van der Waals surface area (Å²) in [5.74, 6) is 0.706. The Bertz CT molecular complexity index is 707. The number of aliphatic hydroxyl groups excluding tert-OH is 1. The summed E-state index contributed by atoms with van der Waals surface area (Å²) in [7, 11) is 0. The lowest BCUT2D eigenvalue weighted by atomic mass is 9.47. The molecule has 4 aliphatic carbocycles. The van der Waals surface area contributed by atoms with Crippen molar-refractivity contribution < 1.29 is 19.8 Å². The van der Waals surface area contributed by atoms with Crippen molar-refractivity contribution in [3.8, 4) is 0 Å². The number of carbonyl (C=O) groups excluding carboxylic acids is 2. The third-order valence-electron chi connectivity index (χ3n) is 8.22. The molecule has 4 heteroatoms. The maximum Gasteiger partial charge on any atom is 0.161 e. The second-order valence-corrected chi connectivity index (χ2v) is 9.13. The fourth-order valence-corrected chi connectivity index (χ4v) is 6.75. The molecule has 0 bridgehead atoms. The fourth-order valence-electron chi connectivity index (χ4n) is 6.75. The molecule has 4 nitrogen and oxygen atoms in total. The SMILES string of the molecule is CC(=O)[C@@]1(O)CC[C@H]2[C@@H]3CC(=O)C4=CC(O)C=C[C@]4(C)[C@H]3CC[C@@]21C. The van der Waals surface area contributed by atoms with Crippen LogP contribution in [0.3, 0.4) is 0 Å². The van der Waals surface area contributed by atoms with Crippen LogP contribution in [0.5, 0.6) is 0 Å². The van der Waals surface area contributed by atoms with E-state index in [0.717, 1.165) is 24.8 Å². The van der Waals surface area contributed by atoms with Crippen LogP contribution in [0.4, 0.5) is 0 Å². The number of fused-ring (bicyclic) bond motifs is 5. The van der Waals surface area contributed by atoms with Crippen LogP contribution in [0.1, 0.15) is 52.9 Å². The van der Waals surface area contributed by atoms with E-state index in [2.05, 4.69) is 13.8 Å². The Morgan fingerprint density at radius 2 is 1.88 bits per heavy atom. The highest BCUT2D eigenvalue weighted by atomic mass is 16.3. The lowest BCUT2D eigenvalue weighted by Gasteiger charge is -2.57. The van der Waals surface area contributed by atoms with Crippen LogP contribution in [-0.4, -0.2) is 33.5 Å². The molecule has 0 spiro atoms. The lowest BCUT2D eigenvalue weighted by molar-refractivity contribution is -0.159. The Kier molecular flexibility index (Phi) is 3.53. The molecule has 2 N–H and O–H groups in total. The summed E-state index contributed by atoms with van der Waals surface area (Å²) in [6.07, 6.45) is 8.35. The van der Waals surface area contributed by atoms with E-state index in [1.165, 1.54) is 6.92 Å².